The minimum absolute atomic E-state index is 0.160. The summed E-state index contributed by atoms with van der Waals surface area (Å²) >= 11 is 1.08. The number of aromatic hydroxyl groups is 1. The second kappa shape index (κ2) is 9.09. The largest absolute Gasteiger partial charge is 0.508 e. The molecule has 4 rings (SSSR count). The Hall–Kier alpha value is -2.41. The third-order valence-electron chi connectivity index (χ3n) is 6.60. The lowest BCUT2D eigenvalue weighted by Gasteiger charge is -2.37. The van der Waals surface area contributed by atoms with E-state index in [1.165, 1.54) is 0 Å². The molecule has 0 spiro atoms. The van der Waals surface area contributed by atoms with Crippen LogP contribution in [0.15, 0.2) is 36.1 Å². The summed E-state index contributed by atoms with van der Waals surface area (Å²) in [4.78, 5) is 23.1. The Morgan fingerprint density at radius 2 is 2.09 bits per heavy atom. The number of aryl methyl sites for hydroxylation is 1. The first-order chi connectivity index (χ1) is 15.5. The minimum atomic E-state index is -0.319. The second-order valence-electron chi connectivity index (χ2n) is 10.5. The van der Waals surface area contributed by atoms with Crippen LogP contribution in [0.3, 0.4) is 0 Å². The number of fused-ring (bicyclic) bond motifs is 1. The lowest BCUT2D eigenvalue weighted by Crippen LogP contribution is -2.37. The van der Waals surface area contributed by atoms with Crippen LogP contribution in [-0.2, 0) is 21.4 Å². The molecular formula is C26H33NO5S. The van der Waals surface area contributed by atoms with E-state index in [-0.39, 0.29) is 33.3 Å². The van der Waals surface area contributed by atoms with Gasteiger partial charge in [-0.25, -0.2) is 0 Å². The molecule has 6 nitrogen and oxygen atoms in total. The predicted octanol–water partition coefficient (Wildman–Crippen LogP) is 5.38. The zero-order valence-electron chi connectivity index (χ0n) is 19.8. The molecule has 178 valence electrons. The van der Waals surface area contributed by atoms with Crippen molar-refractivity contribution >= 4 is 22.9 Å². The summed E-state index contributed by atoms with van der Waals surface area (Å²) < 4.78 is 12.4. The van der Waals surface area contributed by atoms with Crippen molar-refractivity contribution in [2.75, 3.05) is 6.61 Å². The number of thioether (sulfide) groups is 1. The van der Waals surface area contributed by atoms with Crippen LogP contribution in [0.25, 0.3) is 0 Å². The number of carbonyl (C=O) groups is 2. The van der Waals surface area contributed by atoms with Crippen LogP contribution >= 0.6 is 11.8 Å². The fourth-order valence-corrected chi connectivity index (χ4v) is 5.46. The molecule has 0 bridgehead atoms. The highest BCUT2D eigenvalue weighted by molar-refractivity contribution is 8.15. The molecule has 2 aliphatic heterocycles. The van der Waals surface area contributed by atoms with Crippen LogP contribution in [0.1, 0.15) is 64.5 Å². The van der Waals surface area contributed by atoms with Crippen LogP contribution in [0.4, 0.5) is 4.79 Å². The molecule has 33 heavy (non-hydrogen) atoms. The zero-order chi connectivity index (χ0) is 23.8. The zero-order valence-corrected chi connectivity index (χ0v) is 20.6. The summed E-state index contributed by atoms with van der Waals surface area (Å²) in [5, 5.41) is 12.2. The molecule has 1 aromatic carbocycles. The van der Waals surface area contributed by atoms with Gasteiger partial charge < -0.3 is 14.6 Å². The number of benzene rings is 1. The van der Waals surface area contributed by atoms with Gasteiger partial charge in [-0.05, 0) is 73.8 Å². The maximum atomic E-state index is 11.8. The van der Waals surface area contributed by atoms with Gasteiger partial charge in [-0.2, -0.15) is 0 Å². The number of phenolic OH excluding ortho intramolecular Hbond substituents is 1. The van der Waals surface area contributed by atoms with E-state index >= 15 is 0 Å². The maximum Gasteiger partial charge on any atom is 0.286 e. The first kappa shape index (κ1) is 23.7. The van der Waals surface area contributed by atoms with E-state index in [0.29, 0.717) is 18.8 Å². The highest BCUT2D eigenvalue weighted by Gasteiger charge is 2.34. The molecule has 1 aliphatic carbocycles. The third kappa shape index (κ3) is 5.57. The van der Waals surface area contributed by atoms with E-state index in [4.69, 9.17) is 9.47 Å². The van der Waals surface area contributed by atoms with E-state index in [2.05, 4.69) is 45.2 Å². The van der Waals surface area contributed by atoms with E-state index in [0.717, 1.165) is 60.1 Å². The number of hydrogen-bond donors (Lipinski definition) is 2. The van der Waals surface area contributed by atoms with Gasteiger partial charge in [-0.1, -0.05) is 38.6 Å². The average Bonchev–Trinajstić information content (AvgIpc) is 3.05. The molecule has 0 aromatic heterocycles. The Labute approximate surface area is 199 Å². The molecule has 7 heteroatoms. The summed E-state index contributed by atoms with van der Waals surface area (Å²) in [6.07, 6.45) is 10.0. The van der Waals surface area contributed by atoms with Crippen LogP contribution in [0.2, 0.25) is 0 Å². The number of imide groups is 1. The van der Waals surface area contributed by atoms with Gasteiger partial charge in [0.05, 0.1) is 11.9 Å². The van der Waals surface area contributed by atoms with Gasteiger partial charge in [0.25, 0.3) is 5.24 Å². The van der Waals surface area contributed by atoms with Crippen molar-refractivity contribution < 1.29 is 24.2 Å². The molecule has 1 fully saturated rings. The van der Waals surface area contributed by atoms with Crippen LogP contribution in [0.5, 0.6) is 11.5 Å². The molecule has 1 saturated heterocycles. The van der Waals surface area contributed by atoms with Gasteiger partial charge in [0, 0.05) is 12.0 Å². The van der Waals surface area contributed by atoms with E-state index < -0.39 is 0 Å². The smallest absolute Gasteiger partial charge is 0.286 e. The maximum absolute atomic E-state index is 11.8. The average molecular weight is 472 g/mol. The van der Waals surface area contributed by atoms with Gasteiger partial charge in [0.2, 0.25) is 5.91 Å². The van der Waals surface area contributed by atoms with Crippen LogP contribution < -0.4 is 10.1 Å². The lowest BCUT2D eigenvalue weighted by atomic mass is 9.83. The molecule has 3 aliphatic rings. The number of nitrogens with one attached hydrogen (secondary N) is 1. The molecule has 3 atom stereocenters. The molecule has 3 unspecified atom stereocenters. The van der Waals surface area contributed by atoms with E-state index in [1.807, 2.05) is 18.2 Å². The number of ether oxygens (including phenoxy) is 2. The van der Waals surface area contributed by atoms with Gasteiger partial charge >= 0.3 is 0 Å². The Kier molecular flexibility index (Phi) is 6.54. The number of amides is 2. The molecule has 0 radical (unpaired) electrons. The van der Waals surface area contributed by atoms with Crippen molar-refractivity contribution in [2.45, 2.75) is 76.1 Å². The first-order valence-electron chi connectivity index (χ1n) is 11.6. The third-order valence-corrected chi connectivity index (χ3v) is 7.61. The summed E-state index contributed by atoms with van der Waals surface area (Å²) in [7, 11) is 0. The number of carbonyl (C=O) groups excluding carboxylic acids is 2. The summed E-state index contributed by atoms with van der Waals surface area (Å²) in [5.74, 6) is 2.08. The SMILES string of the molecule is CC1(CCOC2=CCC(CC3SC(=O)NC3=O)C=C2)CCc2cc(O)c(C(C)(C)C)cc2O1. The van der Waals surface area contributed by atoms with Crippen LogP contribution in [-0.4, -0.2) is 33.7 Å². The standard InChI is InChI=1S/C26H33NO5S/c1-25(2,3)19-15-21-17(14-20(19)28)9-10-26(4,32-21)11-12-31-18-7-5-16(6-8-18)13-22-23(29)27-24(30)33-22/h5,7-8,14-16,22,28H,6,9-13H2,1-4H3,(H,27,29,30). The van der Waals surface area contributed by atoms with Gasteiger partial charge in [0.15, 0.2) is 0 Å². The minimum Gasteiger partial charge on any atom is -0.508 e. The molecular weight excluding hydrogens is 438 g/mol. The fourth-order valence-electron chi connectivity index (χ4n) is 4.53. The molecule has 0 saturated carbocycles. The number of allylic oxidation sites excluding steroid dienone is 3. The lowest BCUT2D eigenvalue weighted by molar-refractivity contribution is -0.119. The molecule has 2 heterocycles. The number of phenols is 1. The fraction of sp³-hybridized carbons (Fsp3) is 0.538. The summed E-state index contributed by atoms with van der Waals surface area (Å²) in [6, 6.07) is 3.84. The van der Waals surface area contributed by atoms with Gasteiger partial charge in [-0.15, -0.1) is 0 Å². The summed E-state index contributed by atoms with van der Waals surface area (Å²) in [5.41, 5.74) is 1.47. The Morgan fingerprint density at radius 3 is 2.73 bits per heavy atom. The van der Waals surface area contributed by atoms with Crippen molar-refractivity contribution in [1.82, 2.24) is 5.32 Å². The summed E-state index contributed by atoms with van der Waals surface area (Å²) in [6.45, 7) is 8.92. The quantitative estimate of drug-likeness (QED) is 0.579. The molecule has 1 aromatic rings. The number of rotatable bonds is 6. The van der Waals surface area contributed by atoms with Crippen molar-refractivity contribution in [3.8, 4) is 11.5 Å². The topological polar surface area (TPSA) is 84.9 Å². The van der Waals surface area contributed by atoms with Crippen molar-refractivity contribution in [3.05, 3.63) is 47.2 Å². The van der Waals surface area contributed by atoms with Crippen LogP contribution in [0, 0.1) is 5.92 Å². The van der Waals surface area contributed by atoms with Crippen molar-refractivity contribution in [3.63, 3.8) is 0 Å². The predicted molar refractivity (Wildman–Crippen MR) is 130 cm³/mol. The molecule has 2 N–H and O–H groups in total. The Balaban J connectivity index is 1.28. The van der Waals surface area contributed by atoms with Gasteiger partial charge in [0.1, 0.15) is 22.9 Å². The van der Waals surface area contributed by atoms with Gasteiger partial charge in [-0.3, -0.25) is 14.9 Å². The molecule has 2 amide bonds. The first-order valence-corrected chi connectivity index (χ1v) is 12.5. The van der Waals surface area contributed by atoms with Crippen molar-refractivity contribution in [1.29, 1.82) is 0 Å². The second-order valence-corrected chi connectivity index (χ2v) is 11.6. The number of hydrogen-bond acceptors (Lipinski definition) is 6. The normalized spacial score (nSPS) is 27.0. The van der Waals surface area contributed by atoms with E-state index in [1.54, 1.807) is 0 Å². The Morgan fingerprint density at radius 1 is 1.30 bits per heavy atom. The van der Waals surface area contributed by atoms with Crippen molar-refractivity contribution in [2.24, 2.45) is 5.92 Å². The Bertz CT molecular complexity index is 1010. The van der Waals surface area contributed by atoms with E-state index in [9.17, 15) is 14.7 Å². The highest BCUT2D eigenvalue weighted by atomic mass is 32.2. The monoisotopic (exact) mass is 471 g/mol. The highest BCUT2D eigenvalue weighted by Crippen LogP contribution is 2.42.